The molecular formula is C13H13NO3. The molecule has 0 radical (unpaired) electrons. The summed E-state index contributed by atoms with van der Waals surface area (Å²) < 4.78 is 10.4. The van der Waals surface area contributed by atoms with Crippen LogP contribution in [-0.2, 0) is 0 Å². The number of carbonyl (C=O) groups is 1. The zero-order chi connectivity index (χ0) is 12.4. The largest absolute Gasteiger partial charge is 0.495 e. The van der Waals surface area contributed by atoms with E-state index in [0.29, 0.717) is 17.1 Å². The first-order valence-electron chi connectivity index (χ1n) is 5.22. The van der Waals surface area contributed by atoms with E-state index in [-0.39, 0.29) is 5.78 Å². The van der Waals surface area contributed by atoms with Crippen LogP contribution in [0.1, 0.15) is 27.4 Å². The van der Waals surface area contributed by atoms with Gasteiger partial charge in [-0.05, 0) is 31.5 Å². The van der Waals surface area contributed by atoms with Gasteiger partial charge in [-0.15, -0.1) is 0 Å². The maximum Gasteiger partial charge on any atom is 0.229 e. The molecule has 0 aliphatic carbocycles. The third-order valence-corrected chi connectivity index (χ3v) is 2.60. The van der Waals surface area contributed by atoms with Crippen molar-refractivity contribution in [3.8, 4) is 5.75 Å². The number of aromatic nitrogens is 1. The molecule has 0 saturated carbocycles. The van der Waals surface area contributed by atoms with Crippen LogP contribution in [-0.4, -0.2) is 17.9 Å². The van der Waals surface area contributed by atoms with Crippen molar-refractivity contribution in [1.29, 1.82) is 0 Å². The van der Waals surface area contributed by atoms with Gasteiger partial charge in [0.05, 0.1) is 13.3 Å². The number of pyridine rings is 1. The maximum atomic E-state index is 12.1. The molecule has 2 aromatic heterocycles. The summed E-state index contributed by atoms with van der Waals surface area (Å²) >= 11 is 0. The number of nitrogens with zero attached hydrogens (tertiary/aromatic N) is 1. The minimum absolute atomic E-state index is 0.187. The third-order valence-electron chi connectivity index (χ3n) is 2.60. The van der Waals surface area contributed by atoms with Gasteiger partial charge in [-0.2, -0.15) is 0 Å². The summed E-state index contributed by atoms with van der Waals surface area (Å²) in [5, 5.41) is 0. The second-order valence-corrected chi connectivity index (χ2v) is 3.79. The summed E-state index contributed by atoms with van der Waals surface area (Å²) in [4.78, 5) is 16.0. The fourth-order valence-corrected chi connectivity index (χ4v) is 1.48. The highest BCUT2D eigenvalue weighted by Gasteiger charge is 2.15. The monoisotopic (exact) mass is 231 g/mol. The summed E-state index contributed by atoms with van der Waals surface area (Å²) in [5.41, 5.74) is 1.42. The average molecular weight is 231 g/mol. The number of furan rings is 1. The van der Waals surface area contributed by atoms with Crippen LogP contribution in [0.4, 0.5) is 0 Å². The van der Waals surface area contributed by atoms with Gasteiger partial charge in [-0.25, -0.2) is 0 Å². The Morgan fingerprint density at radius 2 is 2.06 bits per heavy atom. The Balaban J connectivity index is 2.36. The smallest absolute Gasteiger partial charge is 0.229 e. The predicted octanol–water partition coefficient (Wildman–Crippen LogP) is 2.53. The molecule has 4 nitrogen and oxygen atoms in total. The van der Waals surface area contributed by atoms with Gasteiger partial charge in [0.15, 0.2) is 5.76 Å². The molecule has 17 heavy (non-hydrogen) atoms. The molecule has 0 aliphatic heterocycles. The van der Waals surface area contributed by atoms with Crippen LogP contribution in [0.25, 0.3) is 0 Å². The number of rotatable bonds is 3. The molecule has 0 atom stereocenters. The van der Waals surface area contributed by atoms with Gasteiger partial charge in [-0.1, -0.05) is 0 Å². The molecule has 4 heteroatoms. The van der Waals surface area contributed by atoms with E-state index >= 15 is 0 Å². The quantitative estimate of drug-likeness (QED) is 0.762. The fraction of sp³-hybridized carbons (Fsp3) is 0.231. The summed E-state index contributed by atoms with van der Waals surface area (Å²) in [6, 6.07) is 3.37. The van der Waals surface area contributed by atoms with E-state index in [1.807, 2.05) is 13.8 Å². The first kappa shape index (κ1) is 11.4. The molecule has 0 saturated heterocycles. The molecule has 88 valence electrons. The summed E-state index contributed by atoms with van der Waals surface area (Å²) in [6.45, 7) is 3.73. The van der Waals surface area contributed by atoms with E-state index < -0.39 is 0 Å². The first-order valence-corrected chi connectivity index (χ1v) is 5.22. The van der Waals surface area contributed by atoms with E-state index in [0.717, 1.165) is 11.3 Å². The number of carbonyl (C=O) groups excluding carboxylic acids is 1. The van der Waals surface area contributed by atoms with E-state index in [4.69, 9.17) is 9.15 Å². The van der Waals surface area contributed by atoms with E-state index in [1.54, 1.807) is 18.3 Å². The van der Waals surface area contributed by atoms with Crippen LogP contribution in [0.15, 0.2) is 28.9 Å². The highest BCUT2D eigenvalue weighted by Crippen LogP contribution is 2.18. The van der Waals surface area contributed by atoms with Gasteiger partial charge in [0.2, 0.25) is 5.78 Å². The molecule has 0 N–H and O–H groups in total. The molecule has 0 unspecified atom stereocenters. The molecular weight excluding hydrogens is 218 g/mol. The minimum Gasteiger partial charge on any atom is -0.495 e. The van der Waals surface area contributed by atoms with Crippen LogP contribution >= 0.6 is 0 Å². The van der Waals surface area contributed by atoms with Gasteiger partial charge in [-0.3, -0.25) is 9.78 Å². The number of ether oxygens (including phenoxy) is 1. The standard InChI is InChI=1S/C13H13NO3/c1-8-4-12(17-9(8)2)13(15)10-5-11(16-3)7-14-6-10/h4-7H,1-3H3. The number of methoxy groups -OCH3 is 1. The Kier molecular flexibility index (Phi) is 2.95. The Hall–Kier alpha value is -2.10. The molecule has 2 heterocycles. The van der Waals surface area contributed by atoms with Crippen LogP contribution in [0.3, 0.4) is 0 Å². The average Bonchev–Trinajstić information content (AvgIpc) is 2.69. The molecule has 2 aromatic rings. The Bertz CT molecular complexity index is 538. The Morgan fingerprint density at radius 1 is 1.29 bits per heavy atom. The van der Waals surface area contributed by atoms with Crippen molar-refractivity contribution in [2.24, 2.45) is 0 Å². The topological polar surface area (TPSA) is 52.3 Å². The fourth-order valence-electron chi connectivity index (χ4n) is 1.48. The molecule has 0 amide bonds. The van der Waals surface area contributed by atoms with E-state index in [9.17, 15) is 4.79 Å². The lowest BCUT2D eigenvalue weighted by Crippen LogP contribution is -2.00. The van der Waals surface area contributed by atoms with Gasteiger partial charge in [0.1, 0.15) is 11.5 Å². The number of aryl methyl sites for hydroxylation is 2. The molecule has 0 aliphatic rings. The highest BCUT2D eigenvalue weighted by molar-refractivity contribution is 6.07. The van der Waals surface area contributed by atoms with Crippen molar-refractivity contribution >= 4 is 5.78 Å². The Morgan fingerprint density at radius 3 is 2.65 bits per heavy atom. The third kappa shape index (κ3) is 2.20. The van der Waals surface area contributed by atoms with Crippen LogP contribution in [0.2, 0.25) is 0 Å². The zero-order valence-corrected chi connectivity index (χ0v) is 9.98. The van der Waals surface area contributed by atoms with Gasteiger partial charge >= 0.3 is 0 Å². The van der Waals surface area contributed by atoms with E-state index in [2.05, 4.69) is 4.98 Å². The lowest BCUT2D eigenvalue weighted by molar-refractivity contribution is 0.101. The SMILES string of the molecule is COc1cncc(C(=O)c2cc(C)c(C)o2)c1. The van der Waals surface area contributed by atoms with Crippen molar-refractivity contribution in [3.63, 3.8) is 0 Å². The normalized spacial score (nSPS) is 10.3. The van der Waals surface area contributed by atoms with Gasteiger partial charge in [0, 0.05) is 11.8 Å². The molecule has 0 spiro atoms. The maximum absolute atomic E-state index is 12.1. The van der Waals surface area contributed by atoms with Gasteiger partial charge in [0.25, 0.3) is 0 Å². The van der Waals surface area contributed by atoms with Crippen LogP contribution in [0, 0.1) is 13.8 Å². The van der Waals surface area contributed by atoms with Crippen molar-refractivity contribution in [2.45, 2.75) is 13.8 Å². The number of ketones is 1. The molecule has 0 fully saturated rings. The summed E-state index contributed by atoms with van der Waals surface area (Å²) in [5.74, 6) is 1.45. The van der Waals surface area contributed by atoms with Crippen molar-refractivity contribution in [1.82, 2.24) is 4.98 Å². The molecule has 0 bridgehead atoms. The summed E-state index contributed by atoms with van der Waals surface area (Å²) in [7, 11) is 1.53. The van der Waals surface area contributed by atoms with Crippen molar-refractivity contribution in [3.05, 3.63) is 47.2 Å². The second kappa shape index (κ2) is 4.41. The second-order valence-electron chi connectivity index (χ2n) is 3.79. The van der Waals surface area contributed by atoms with Gasteiger partial charge < -0.3 is 9.15 Å². The van der Waals surface area contributed by atoms with E-state index in [1.165, 1.54) is 13.3 Å². The molecule has 0 aromatic carbocycles. The van der Waals surface area contributed by atoms with Crippen molar-refractivity contribution < 1.29 is 13.9 Å². The molecule has 2 rings (SSSR count). The highest BCUT2D eigenvalue weighted by atomic mass is 16.5. The zero-order valence-electron chi connectivity index (χ0n) is 9.98. The number of hydrogen-bond acceptors (Lipinski definition) is 4. The predicted molar refractivity (Wildman–Crippen MR) is 62.4 cm³/mol. The Labute approximate surface area is 99.2 Å². The van der Waals surface area contributed by atoms with Crippen LogP contribution < -0.4 is 4.74 Å². The summed E-state index contributed by atoms with van der Waals surface area (Å²) in [6.07, 6.45) is 3.05. The lowest BCUT2D eigenvalue weighted by Gasteiger charge is -2.01. The van der Waals surface area contributed by atoms with Crippen LogP contribution in [0.5, 0.6) is 5.75 Å². The first-order chi connectivity index (χ1) is 8.11. The lowest BCUT2D eigenvalue weighted by atomic mass is 10.1. The minimum atomic E-state index is -0.187. The number of hydrogen-bond donors (Lipinski definition) is 0. The van der Waals surface area contributed by atoms with Crippen molar-refractivity contribution in [2.75, 3.05) is 7.11 Å².